The van der Waals surface area contributed by atoms with Gasteiger partial charge in [0, 0.05) is 35.2 Å². The van der Waals surface area contributed by atoms with Gasteiger partial charge in [0.1, 0.15) is 58.5 Å². The van der Waals surface area contributed by atoms with Crippen LogP contribution in [0.1, 0.15) is 95.8 Å². The summed E-state index contributed by atoms with van der Waals surface area (Å²) in [5, 5.41) is 38.0. The number of aromatic hydroxyl groups is 2. The third kappa shape index (κ3) is 30.6. The highest BCUT2D eigenvalue weighted by atomic mass is 79.9. The van der Waals surface area contributed by atoms with Crippen molar-refractivity contribution in [3.05, 3.63) is 343 Å². The summed E-state index contributed by atoms with van der Waals surface area (Å²) in [5.41, 5.74) is 14.6. The number of halogens is 4. The Morgan fingerprint density at radius 3 is 1.02 bits per heavy atom. The van der Waals surface area contributed by atoms with Crippen molar-refractivity contribution in [3.8, 4) is 46.0 Å². The number of aliphatic hydroxyl groups is 2. The summed E-state index contributed by atoms with van der Waals surface area (Å²) in [4.78, 5) is 32.4. The fraction of sp³-hybridized carbons (Fsp3) is 0.169. The smallest absolute Gasteiger partial charge is 0.180 e. The maximum absolute atomic E-state index is 11.1. The van der Waals surface area contributed by atoms with Gasteiger partial charge in [0.2, 0.25) is 0 Å². The van der Waals surface area contributed by atoms with Gasteiger partial charge in [-0.25, -0.2) is 0 Å². The number of unbranched alkanes of at least 4 members (excludes halogenated alkanes) is 1. The van der Waals surface area contributed by atoms with E-state index in [1.165, 1.54) is 35.9 Å². The van der Waals surface area contributed by atoms with Crippen LogP contribution in [0.2, 0.25) is 15.1 Å². The lowest BCUT2D eigenvalue weighted by Crippen LogP contribution is -2.02. The SMILES string of the molecule is BrCc1ccccc1.C.NCCO.O=Cc1cc(Cl)c(O)c(OCc2ccccc2)c1.O=Cc1cc(Cl)c(OCc2ccccc2)c(OCc2ccccc2)c1.O=Cc1ccc(O)c(OCc2ccccc2)c1.OCCCCc1cc(Cl)c(OCc2ccccc2)c(OCc2ccccc2)c1. The molecule has 0 aliphatic rings. The van der Waals surface area contributed by atoms with Gasteiger partial charge >= 0.3 is 0 Å². The zero-order valence-corrected chi connectivity index (χ0v) is 58.7. The molecule has 11 aromatic carbocycles. The minimum Gasteiger partial charge on any atom is -0.504 e. The van der Waals surface area contributed by atoms with Gasteiger partial charge in [0.15, 0.2) is 46.0 Å². The summed E-state index contributed by atoms with van der Waals surface area (Å²) in [6, 6.07) is 83.4. The highest BCUT2D eigenvalue weighted by Crippen LogP contribution is 2.40. The maximum atomic E-state index is 11.1. The van der Waals surface area contributed by atoms with Crippen molar-refractivity contribution >= 4 is 69.6 Å². The molecule has 11 rings (SSSR count). The predicted octanol–water partition coefficient (Wildman–Crippen LogP) is 19.5. The van der Waals surface area contributed by atoms with Gasteiger partial charge in [-0.05, 0) is 118 Å². The number of aldehydes is 3. The lowest BCUT2D eigenvalue weighted by Gasteiger charge is -2.16. The van der Waals surface area contributed by atoms with E-state index in [2.05, 4.69) is 28.1 Å². The van der Waals surface area contributed by atoms with Gasteiger partial charge in [0.05, 0.1) is 21.7 Å². The normalized spacial score (nSPS) is 9.97. The molecular weight excluding hydrogens is 1410 g/mol. The van der Waals surface area contributed by atoms with E-state index in [0.717, 1.165) is 76.1 Å². The second-order valence-electron chi connectivity index (χ2n) is 21.6. The van der Waals surface area contributed by atoms with Crippen molar-refractivity contribution in [3.63, 3.8) is 0 Å². The average molecular weight is 1490 g/mol. The summed E-state index contributed by atoms with van der Waals surface area (Å²) < 4.78 is 34.8. The Bertz CT molecular complexity index is 4110. The molecule has 0 fully saturated rings. The number of ether oxygens (including phenoxy) is 6. The summed E-state index contributed by atoms with van der Waals surface area (Å²) in [5.74, 6) is 2.50. The van der Waals surface area contributed by atoms with Gasteiger partial charge in [-0.1, -0.05) is 270 Å². The number of nitrogens with two attached hydrogens (primary N) is 1. The summed E-state index contributed by atoms with van der Waals surface area (Å²) >= 11 is 22.0. The molecule has 0 amide bonds. The molecule has 0 saturated heterocycles. The Morgan fingerprint density at radius 2 is 0.663 bits per heavy atom. The Kier molecular flexibility index (Phi) is 38.8. The molecule has 0 bridgehead atoms. The van der Waals surface area contributed by atoms with E-state index in [0.29, 0.717) is 108 Å². The molecule has 0 saturated carbocycles. The van der Waals surface area contributed by atoms with Crippen molar-refractivity contribution in [1.29, 1.82) is 0 Å². The van der Waals surface area contributed by atoms with Crippen LogP contribution in [0.15, 0.2) is 267 Å². The molecule has 0 heterocycles. The van der Waals surface area contributed by atoms with Crippen LogP contribution >= 0.6 is 50.7 Å². The first-order chi connectivity index (χ1) is 48.9. The molecule has 0 spiro atoms. The molecule has 101 heavy (non-hydrogen) atoms. The lowest BCUT2D eigenvalue weighted by molar-refractivity contribution is 0.111. The number of rotatable bonds is 27. The fourth-order valence-electron chi connectivity index (χ4n) is 8.82. The molecular formula is C83H83BrCl3NO13. The van der Waals surface area contributed by atoms with Gasteiger partial charge in [-0.3, -0.25) is 14.4 Å². The molecule has 6 N–H and O–H groups in total. The van der Waals surface area contributed by atoms with E-state index in [4.69, 9.17) is 79.2 Å². The molecule has 14 nitrogen and oxygen atoms in total. The van der Waals surface area contributed by atoms with Crippen LogP contribution in [0.5, 0.6) is 46.0 Å². The van der Waals surface area contributed by atoms with Gasteiger partial charge in [-0.15, -0.1) is 0 Å². The summed E-state index contributed by atoms with van der Waals surface area (Å²) in [6.45, 7) is 2.92. The third-order valence-corrected chi connectivity index (χ3v) is 15.4. The predicted molar refractivity (Wildman–Crippen MR) is 407 cm³/mol. The Morgan fingerprint density at radius 1 is 0.347 bits per heavy atom. The van der Waals surface area contributed by atoms with E-state index >= 15 is 0 Å². The Balaban J connectivity index is 0.000000232. The largest absolute Gasteiger partial charge is 0.504 e. The number of phenolic OH excluding ortho intramolecular Hbond substituents is 2. The van der Waals surface area contributed by atoms with Crippen molar-refractivity contribution in [2.75, 3.05) is 19.8 Å². The lowest BCUT2D eigenvalue weighted by atomic mass is 10.1. The highest BCUT2D eigenvalue weighted by molar-refractivity contribution is 9.08. The van der Waals surface area contributed by atoms with Gasteiger partial charge < -0.3 is 54.6 Å². The van der Waals surface area contributed by atoms with E-state index in [1.54, 1.807) is 12.1 Å². The number of hydrogen-bond acceptors (Lipinski definition) is 14. The number of aliphatic hydroxyl groups excluding tert-OH is 2. The minimum absolute atomic E-state index is 0. The van der Waals surface area contributed by atoms with Crippen molar-refractivity contribution in [1.82, 2.24) is 0 Å². The van der Waals surface area contributed by atoms with Crippen LogP contribution in [0.4, 0.5) is 0 Å². The third-order valence-electron chi connectivity index (χ3n) is 13.9. The van der Waals surface area contributed by atoms with E-state index < -0.39 is 0 Å². The van der Waals surface area contributed by atoms with E-state index in [9.17, 15) is 24.6 Å². The van der Waals surface area contributed by atoms with E-state index in [1.807, 2.05) is 212 Å². The number of benzene rings is 11. The number of carbonyl (C=O) groups excluding carboxylic acids is 3. The summed E-state index contributed by atoms with van der Waals surface area (Å²) in [7, 11) is 0. The molecule has 0 aliphatic carbocycles. The van der Waals surface area contributed by atoms with Gasteiger partial charge in [0.25, 0.3) is 0 Å². The topological polar surface area (TPSA) is 214 Å². The molecule has 11 aromatic rings. The minimum atomic E-state index is -0.154. The maximum Gasteiger partial charge on any atom is 0.180 e. The van der Waals surface area contributed by atoms with Crippen LogP contribution in [-0.2, 0) is 51.4 Å². The molecule has 526 valence electrons. The monoisotopic (exact) mass is 1490 g/mol. The van der Waals surface area contributed by atoms with Gasteiger partial charge in [-0.2, -0.15) is 0 Å². The first-order valence-corrected chi connectivity index (χ1v) is 34.0. The Hall–Kier alpha value is -9.94. The standard InChI is InChI=1S/C24H25ClO3.C21H17ClO3.C14H11ClO3.C14H12O3.C7H7Br.C2H7NO.CH4/c25-22-15-21(13-7-8-14-26)16-23(27-17-19-9-3-1-4-10-19)24(22)28-18-20-11-5-2-6-12-20;22-19-11-18(13-23)12-20(24-14-16-7-3-1-4-8-16)21(19)25-15-17-9-5-2-6-10-17;15-12-6-11(8-16)7-13(14(12)17)18-9-10-4-2-1-3-5-10;15-9-12-6-7-13(16)14(8-12)17-10-11-4-2-1-3-5-11;8-6-7-4-2-1-3-5-7;3-1-2-4;/h1-6,9-12,15-16,26H,7-8,13-14,17-18H2;1-13H,14-15H2;1-8,17H,9H2;1-9,16H,10H2;1-5H,6H2;4H,1-3H2;1H4. The molecule has 0 atom stereocenters. The number of alkyl halides is 1. The molecule has 0 unspecified atom stereocenters. The molecule has 0 aliphatic heterocycles. The quantitative estimate of drug-likeness (QED) is 0.0184. The van der Waals surface area contributed by atoms with Crippen molar-refractivity contribution in [2.24, 2.45) is 5.73 Å². The highest BCUT2D eigenvalue weighted by Gasteiger charge is 2.16. The number of phenols is 2. The first kappa shape index (κ1) is 81.7. The average Bonchev–Trinajstić information content (AvgIpc) is 0.843. The van der Waals surface area contributed by atoms with Crippen LogP contribution in [-0.4, -0.2) is 59.0 Å². The second kappa shape index (κ2) is 47.9. The van der Waals surface area contributed by atoms with Crippen molar-refractivity contribution < 1.29 is 63.2 Å². The summed E-state index contributed by atoms with van der Waals surface area (Å²) in [6.07, 6.45) is 4.61. The zero-order valence-electron chi connectivity index (χ0n) is 54.9. The van der Waals surface area contributed by atoms with Crippen molar-refractivity contribution in [2.45, 2.75) is 71.7 Å². The Labute approximate surface area is 615 Å². The number of carbonyl (C=O) groups is 3. The van der Waals surface area contributed by atoms with Crippen LogP contribution < -0.4 is 34.2 Å². The number of hydrogen-bond donors (Lipinski definition) is 5. The zero-order chi connectivity index (χ0) is 71.4. The van der Waals surface area contributed by atoms with Crippen LogP contribution in [0.25, 0.3) is 0 Å². The van der Waals surface area contributed by atoms with Crippen LogP contribution in [0.3, 0.4) is 0 Å². The first-order valence-electron chi connectivity index (χ1n) is 31.8. The van der Waals surface area contributed by atoms with Crippen LogP contribution in [0, 0.1) is 0 Å². The fourth-order valence-corrected chi connectivity index (χ4v) is 9.97. The molecule has 18 heteroatoms. The van der Waals surface area contributed by atoms with E-state index in [-0.39, 0.29) is 42.9 Å². The molecule has 0 radical (unpaired) electrons. The number of aryl methyl sites for hydroxylation is 1. The molecule has 0 aromatic heterocycles. The second-order valence-corrected chi connectivity index (χ2v) is 23.4.